The third kappa shape index (κ3) is 4.09. The molecule has 1 aromatic carbocycles. The SMILES string of the molecule is Cc1ccc(C(CNCC(C)C)C2CCCC2)cc1C. The van der Waals surface area contributed by atoms with Crippen LogP contribution in [-0.2, 0) is 0 Å². The molecule has 1 fully saturated rings. The Kier molecular flexibility index (Phi) is 5.65. The average Bonchev–Trinajstić information content (AvgIpc) is 2.91. The van der Waals surface area contributed by atoms with E-state index in [-0.39, 0.29) is 0 Å². The van der Waals surface area contributed by atoms with Crippen LogP contribution < -0.4 is 5.32 Å². The molecule has 0 spiro atoms. The summed E-state index contributed by atoms with van der Waals surface area (Å²) in [6, 6.07) is 7.09. The summed E-state index contributed by atoms with van der Waals surface area (Å²) in [5.74, 6) is 2.33. The van der Waals surface area contributed by atoms with Gasteiger partial charge >= 0.3 is 0 Å². The number of hydrogen-bond acceptors (Lipinski definition) is 1. The van der Waals surface area contributed by atoms with E-state index < -0.39 is 0 Å². The van der Waals surface area contributed by atoms with Crippen LogP contribution >= 0.6 is 0 Å². The molecule has 0 amide bonds. The van der Waals surface area contributed by atoms with Gasteiger partial charge in [0.1, 0.15) is 0 Å². The summed E-state index contributed by atoms with van der Waals surface area (Å²) in [7, 11) is 0. The first kappa shape index (κ1) is 15.6. The van der Waals surface area contributed by atoms with Gasteiger partial charge in [0.05, 0.1) is 0 Å². The van der Waals surface area contributed by atoms with Crippen LogP contribution in [0, 0.1) is 25.7 Å². The molecule has 1 aliphatic carbocycles. The van der Waals surface area contributed by atoms with Gasteiger partial charge in [0.2, 0.25) is 0 Å². The van der Waals surface area contributed by atoms with E-state index in [1.54, 1.807) is 5.56 Å². The summed E-state index contributed by atoms with van der Waals surface area (Å²) in [6.07, 6.45) is 5.69. The van der Waals surface area contributed by atoms with Crippen molar-refractivity contribution < 1.29 is 0 Å². The number of hydrogen-bond donors (Lipinski definition) is 1. The lowest BCUT2D eigenvalue weighted by Crippen LogP contribution is -2.28. The van der Waals surface area contributed by atoms with Crippen molar-refractivity contribution in [3.05, 3.63) is 34.9 Å². The van der Waals surface area contributed by atoms with Crippen LogP contribution in [0.2, 0.25) is 0 Å². The van der Waals surface area contributed by atoms with Crippen molar-refractivity contribution in [2.45, 2.75) is 59.3 Å². The van der Waals surface area contributed by atoms with Gasteiger partial charge in [-0.2, -0.15) is 0 Å². The third-order valence-electron chi connectivity index (χ3n) is 4.84. The van der Waals surface area contributed by atoms with E-state index in [1.807, 2.05) is 0 Å². The molecular weight excluding hydrogens is 242 g/mol. The first-order valence-corrected chi connectivity index (χ1v) is 8.35. The van der Waals surface area contributed by atoms with Gasteiger partial charge in [-0.1, -0.05) is 44.9 Å². The third-order valence-corrected chi connectivity index (χ3v) is 4.84. The lowest BCUT2D eigenvalue weighted by Gasteiger charge is -2.25. The van der Waals surface area contributed by atoms with E-state index >= 15 is 0 Å². The molecule has 2 rings (SSSR count). The molecule has 0 bridgehead atoms. The molecule has 1 heteroatoms. The first-order chi connectivity index (χ1) is 9.58. The Bertz CT molecular complexity index is 416. The Labute approximate surface area is 125 Å². The van der Waals surface area contributed by atoms with Crippen molar-refractivity contribution in [3.8, 4) is 0 Å². The molecule has 1 atom stereocenters. The Morgan fingerprint density at radius 1 is 1.05 bits per heavy atom. The van der Waals surface area contributed by atoms with Crippen LogP contribution in [0.4, 0.5) is 0 Å². The van der Waals surface area contributed by atoms with Gasteiger partial charge in [-0.25, -0.2) is 0 Å². The number of nitrogens with one attached hydrogen (secondary N) is 1. The number of rotatable bonds is 6. The molecule has 1 N–H and O–H groups in total. The predicted octanol–water partition coefficient (Wildman–Crippen LogP) is 4.82. The zero-order valence-electron chi connectivity index (χ0n) is 13.7. The van der Waals surface area contributed by atoms with Crippen LogP contribution in [0.5, 0.6) is 0 Å². The van der Waals surface area contributed by atoms with Gasteiger partial charge < -0.3 is 5.32 Å². The van der Waals surface area contributed by atoms with E-state index in [0.717, 1.165) is 24.9 Å². The molecule has 20 heavy (non-hydrogen) atoms. The Balaban J connectivity index is 2.09. The highest BCUT2D eigenvalue weighted by molar-refractivity contribution is 5.32. The number of benzene rings is 1. The zero-order valence-corrected chi connectivity index (χ0v) is 13.7. The van der Waals surface area contributed by atoms with E-state index in [0.29, 0.717) is 5.92 Å². The maximum atomic E-state index is 3.69. The predicted molar refractivity (Wildman–Crippen MR) is 88.3 cm³/mol. The molecular formula is C19H31N. The van der Waals surface area contributed by atoms with Gasteiger partial charge in [-0.05, 0) is 67.7 Å². The molecule has 1 aliphatic rings. The highest BCUT2D eigenvalue weighted by Crippen LogP contribution is 2.37. The van der Waals surface area contributed by atoms with Crippen molar-refractivity contribution in [3.63, 3.8) is 0 Å². The van der Waals surface area contributed by atoms with Crippen molar-refractivity contribution in [2.24, 2.45) is 11.8 Å². The lowest BCUT2D eigenvalue weighted by molar-refractivity contribution is 0.400. The second kappa shape index (κ2) is 7.26. The lowest BCUT2D eigenvalue weighted by atomic mass is 9.83. The summed E-state index contributed by atoms with van der Waals surface area (Å²) < 4.78 is 0. The van der Waals surface area contributed by atoms with E-state index in [1.165, 1.54) is 36.8 Å². The molecule has 0 aromatic heterocycles. The van der Waals surface area contributed by atoms with Crippen molar-refractivity contribution in [1.29, 1.82) is 0 Å². The Morgan fingerprint density at radius 2 is 1.75 bits per heavy atom. The van der Waals surface area contributed by atoms with E-state index in [9.17, 15) is 0 Å². The van der Waals surface area contributed by atoms with Crippen LogP contribution in [-0.4, -0.2) is 13.1 Å². The van der Waals surface area contributed by atoms with Crippen LogP contribution in [0.25, 0.3) is 0 Å². The minimum atomic E-state index is 0.704. The normalized spacial score (nSPS) is 17.9. The summed E-state index contributed by atoms with van der Waals surface area (Å²) in [5, 5.41) is 3.69. The molecule has 0 radical (unpaired) electrons. The van der Waals surface area contributed by atoms with Gasteiger partial charge in [0, 0.05) is 6.54 Å². The standard InChI is InChI=1S/C19H31N/c1-14(2)12-20-13-19(17-7-5-6-8-17)18-10-9-15(3)16(4)11-18/h9-11,14,17,19-20H,5-8,12-13H2,1-4H3. The molecule has 1 aromatic rings. The number of aryl methyl sites for hydroxylation is 2. The molecule has 1 unspecified atom stereocenters. The Hall–Kier alpha value is -0.820. The van der Waals surface area contributed by atoms with Gasteiger partial charge in [0.15, 0.2) is 0 Å². The van der Waals surface area contributed by atoms with Gasteiger partial charge in [-0.15, -0.1) is 0 Å². The highest BCUT2D eigenvalue weighted by atomic mass is 14.9. The second-order valence-electron chi connectivity index (χ2n) is 7.05. The molecule has 112 valence electrons. The van der Waals surface area contributed by atoms with Crippen LogP contribution in [0.3, 0.4) is 0 Å². The topological polar surface area (TPSA) is 12.0 Å². The minimum absolute atomic E-state index is 0.704. The van der Waals surface area contributed by atoms with Gasteiger partial charge in [-0.3, -0.25) is 0 Å². The first-order valence-electron chi connectivity index (χ1n) is 8.35. The van der Waals surface area contributed by atoms with E-state index in [4.69, 9.17) is 0 Å². The molecule has 1 saturated carbocycles. The summed E-state index contributed by atoms with van der Waals surface area (Å²) in [5.41, 5.74) is 4.40. The van der Waals surface area contributed by atoms with E-state index in [2.05, 4.69) is 51.2 Å². The van der Waals surface area contributed by atoms with Crippen molar-refractivity contribution >= 4 is 0 Å². The van der Waals surface area contributed by atoms with Gasteiger partial charge in [0.25, 0.3) is 0 Å². The molecule has 1 nitrogen and oxygen atoms in total. The fraction of sp³-hybridized carbons (Fsp3) is 0.684. The summed E-state index contributed by atoms with van der Waals surface area (Å²) in [4.78, 5) is 0. The molecule has 0 aliphatic heterocycles. The maximum Gasteiger partial charge on any atom is 0.00229 e. The largest absolute Gasteiger partial charge is 0.316 e. The summed E-state index contributed by atoms with van der Waals surface area (Å²) in [6.45, 7) is 11.3. The smallest absolute Gasteiger partial charge is 0.00229 e. The minimum Gasteiger partial charge on any atom is -0.316 e. The molecule has 0 saturated heterocycles. The fourth-order valence-electron chi connectivity index (χ4n) is 3.44. The average molecular weight is 273 g/mol. The van der Waals surface area contributed by atoms with Crippen molar-refractivity contribution in [2.75, 3.05) is 13.1 Å². The summed E-state index contributed by atoms with van der Waals surface area (Å²) >= 11 is 0. The highest BCUT2D eigenvalue weighted by Gasteiger charge is 2.26. The van der Waals surface area contributed by atoms with Crippen LogP contribution in [0.1, 0.15) is 62.1 Å². The zero-order chi connectivity index (χ0) is 14.5. The Morgan fingerprint density at radius 3 is 2.35 bits per heavy atom. The fourth-order valence-corrected chi connectivity index (χ4v) is 3.44. The monoisotopic (exact) mass is 273 g/mol. The second-order valence-corrected chi connectivity index (χ2v) is 7.05. The quantitative estimate of drug-likeness (QED) is 0.783. The maximum absolute atomic E-state index is 3.69. The van der Waals surface area contributed by atoms with Crippen molar-refractivity contribution in [1.82, 2.24) is 5.32 Å². The van der Waals surface area contributed by atoms with Crippen LogP contribution in [0.15, 0.2) is 18.2 Å². The molecule has 0 heterocycles.